The molecule has 0 heterocycles. The summed E-state index contributed by atoms with van der Waals surface area (Å²) >= 11 is 0. The van der Waals surface area contributed by atoms with E-state index in [-0.39, 0.29) is 0 Å². The van der Waals surface area contributed by atoms with Crippen molar-refractivity contribution >= 4 is 13.4 Å². The average Bonchev–Trinajstić information content (AvgIpc) is 1.67. The molecule has 0 bridgehead atoms. The van der Waals surface area contributed by atoms with E-state index in [4.69, 9.17) is 4.52 Å². The van der Waals surface area contributed by atoms with Crippen LogP contribution in [0.1, 0.15) is 13.8 Å². The maximum atomic E-state index is 5.20. The van der Waals surface area contributed by atoms with Crippen LogP contribution in [0.4, 0.5) is 0 Å². The van der Waals surface area contributed by atoms with Crippen molar-refractivity contribution in [2.75, 3.05) is 13.8 Å². The first-order chi connectivity index (χ1) is 3.50. The second-order valence-corrected chi connectivity index (χ2v) is 6.20. The fraction of sp³-hybridized carbons (Fsp3) is 0.833. The van der Waals surface area contributed by atoms with Gasteiger partial charge in [0.1, 0.15) is 0 Å². The van der Waals surface area contributed by atoms with Crippen LogP contribution in [0.3, 0.4) is 0 Å². The van der Waals surface area contributed by atoms with E-state index in [1.54, 1.807) is 7.11 Å². The van der Waals surface area contributed by atoms with Gasteiger partial charge in [0.05, 0.1) is 0 Å². The average molecular weight is 134 g/mol. The Bertz CT molecular complexity index is 107. The van der Waals surface area contributed by atoms with Gasteiger partial charge >= 0.3 is 0 Å². The summed E-state index contributed by atoms with van der Waals surface area (Å²) in [5.41, 5.74) is 0.590. The van der Waals surface area contributed by atoms with E-state index in [0.29, 0.717) is 5.66 Å². The van der Waals surface area contributed by atoms with Gasteiger partial charge in [-0.05, 0) is 12.3 Å². The fourth-order valence-corrected chi connectivity index (χ4v) is 0.632. The van der Waals surface area contributed by atoms with Gasteiger partial charge in [-0.1, -0.05) is 20.1 Å². The van der Waals surface area contributed by atoms with Gasteiger partial charge in [0, 0.05) is 14.2 Å². The Morgan fingerprint density at radius 3 is 1.88 bits per heavy atom. The first-order valence-electron chi connectivity index (χ1n) is 2.77. The van der Waals surface area contributed by atoms with Gasteiger partial charge in [0.15, 0.2) is 0 Å². The fourth-order valence-electron chi connectivity index (χ4n) is 0.211. The third kappa shape index (κ3) is 2.02. The summed E-state index contributed by atoms with van der Waals surface area (Å²) in [5.74, 6) is 0. The van der Waals surface area contributed by atoms with Gasteiger partial charge < -0.3 is 4.52 Å². The molecule has 0 aromatic heterocycles. The first kappa shape index (κ1) is 8.26. The predicted molar refractivity (Wildman–Crippen MR) is 42.1 cm³/mol. The van der Waals surface area contributed by atoms with Gasteiger partial charge in [-0.15, -0.1) is 0 Å². The van der Waals surface area contributed by atoms with E-state index in [2.05, 4.69) is 26.8 Å². The molecular weight excluding hydrogens is 119 g/mol. The third-order valence-corrected chi connectivity index (χ3v) is 4.53. The van der Waals surface area contributed by atoms with Crippen molar-refractivity contribution in [3.8, 4) is 0 Å². The third-order valence-electron chi connectivity index (χ3n) is 1.51. The molecule has 0 amide bonds. The van der Waals surface area contributed by atoms with Crippen LogP contribution in [-0.4, -0.2) is 25.7 Å². The summed E-state index contributed by atoms with van der Waals surface area (Å²) in [5, 5.41) is 0. The van der Waals surface area contributed by atoms with E-state index in [0.717, 1.165) is 0 Å². The van der Waals surface area contributed by atoms with E-state index < -0.39 is 7.11 Å². The molecule has 0 aromatic rings. The summed E-state index contributed by atoms with van der Waals surface area (Å²) < 4.78 is 5.20. The van der Waals surface area contributed by atoms with Crippen LogP contribution in [0.2, 0.25) is 0 Å². The highest BCUT2D eigenvalue weighted by atomic mass is 31.2. The molecule has 0 aliphatic carbocycles. The Morgan fingerprint density at radius 2 is 1.88 bits per heavy atom. The minimum atomic E-state index is -1.25. The van der Waals surface area contributed by atoms with Crippen LogP contribution >= 0.6 is 7.11 Å². The summed E-state index contributed by atoms with van der Waals surface area (Å²) in [4.78, 5) is 0. The van der Waals surface area contributed by atoms with Crippen LogP contribution in [0.5, 0.6) is 0 Å². The molecule has 0 saturated carbocycles. The van der Waals surface area contributed by atoms with E-state index in [1.807, 2.05) is 0 Å². The molecular formula is C6H15OP. The Hall–Kier alpha value is 0.260. The molecule has 0 aliphatic rings. The molecule has 0 rings (SSSR count). The molecule has 0 aliphatic heterocycles. The molecule has 2 heteroatoms. The summed E-state index contributed by atoms with van der Waals surface area (Å²) in [6, 6.07) is 0. The maximum Gasteiger partial charge on any atom is 0.0396 e. The summed E-state index contributed by atoms with van der Waals surface area (Å²) in [6.45, 7) is 6.38. The quantitative estimate of drug-likeness (QED) is 0.525. The van der Waals surface area contributed by atoms with Crippen molar-refractivity contribution in [2.45, 2.75) is 19.5 Å². The van der Waals surface area contributed by atoms with E-state index in [1.165, 1.54) is 0 Å². The smallest absolute Gasteiger partial charge is 0.0396 e. The van der Waals surface area contributed by atoms with Gasteiger partial charge in [-0.2, -0.15) is 0 Å². The van der Waals surface area contributed by atoms with Crippen molar-refractivity contribution in [1.29, 1.82) is 0 Å². The van der Waals surface area contributed by atoms with Gasteiger partial charge in [-0.25, -0.2) is 0 Å². The SMILES string of the molecule is C=P(C)(OC)C(C)C. The standard InChI is InChI=1S/C6H15OP/c1-6(2)8(4,5)7-3/h6H,4H2,1-3,5H3. The maximum absolute atomic E-state index is 5.20. The second-order valence-electron chi connectivity index (χ2n) is 2.45. The second kappa shape index (κ2) is 2.70. The van der Waals surface area contributed by atoms with Gasteiger partial charge in [0.25, 0.3) is 0 Å². The monoisotopic (exact) mass is 134 g/mol. The van der Waals surface area contributed by atoms with Crippen LogP contribution in [0.25, 0.3) is 0 Å². The van der Waals surface area contributed by atoms with Gasteiger partial charge in [0.2, 0.25) is 0 Å². The topological polar surface area (TPSA) is 9.23 Å². The molecule has 50 valence electrons. The molecule has 0 saturated heterocycles. The molecule has 0 spiro atoms. The van der Waals surface area contributed by atoms with Crippen molar-refractivity contribution in [3.05, 3.63) is 0 Å². The zero-order chi connectivity index (χ0) is 6.78. The lowest BCUT2D eigenvalue weighted by atomic mass is 10.6. The Morgan fingerprint density at radius 1 is 1.50 bits per heavy atom. The molecule has 0 aromatic carbocycles. The van der Waals surface area contributed by atoms with Crippen molar-refractivity contribution in [1.82, 2.24) is 0 Å². The molecule has 1 atom stereocenters. The lowest BCUT2D eigenvalue weighted by Crippen LogP contribution is -1.97. The molecule has 1 nitrogen and oxygen atoms in total. The first-order valence-corrected chi connectivity index (χ1v) is 5.18. The van der Waals surface area contributed by atoms with Crippen LogP contribution in [0, 0.1) is 0 Å². The zero-order valence-electron chi connectivity index (χ0n) is 6.14. The minimum absolute atomic E-state index is 0.590. The number of hydrogen-bond acceptors (Lipinski definition) is 1. The van der Waals surface area contributed by atoms with E-state index >= 15 is 0 Å². The molecule has 0 radical (unpaired) electrons. The summed E-state index contributed by atoms with van der Waals surface area (Å²) in [7, 11) is 0.492. The molecule has 8 heavy (non-hydrogen) atoms. The van der Waals surface area contributed by atoms with Crippen LogP contribution in [0.15, 0.2) is 0 Å². The van der Waals surface area contributed by atoms with Gasteiger partial charge in [-0.3, -0.25) is 0 Å². The minimum Gasteiger partial charge on any atom is -0.365 e. The Kier molecular flexibility index (Phi) is 2.79. The lowest BCUT2D eigenvalue weighted by Gasteiger charge is -2.20. The van der Waals surface area contributed by atoms with E-state index in [9.17, 15) is 0 Å². The molecule has 0 fully saturated rings. The lowest BCUT2D eigenvalue weighted by molar-refractivity contribution is 0.456. The highest BCUT2D eigenvalue weighted by Gasteiger charge is 2.09. The molecule has 1 unspecified atom stereocenters. The highest BCUT2D eigenvalue weighted by Crippen LogP contribution is 2.45. The van der Waals surface area contributed by atoms with Crippen molar-refractivity contribution in [3.63, 3.8) is 0 Å². The number of hydrogen-bond donors (Lipinski definition) is 0. The predicted octanol–water partition coefficient (Wildman–Crippen LogP) is 2.04. The molecule has 0 N–H and O–H groups in total. The van der Waals surface area contributed by atoms with Crippen molar-refractivity contribution in [2.24, 2.45) is 0 Å². The number of rotatable bonds is 2. The van der Waals surface area contributed by atoms with Crippen LogP contribution in [-0.2, 0) is 4.52 Å². The zero-order valence-corrected chi connectivity index (χ0v) is 7.03. The summed E-state index contributed by atoms with van der Waals surface area (Å²) in [6.07, 6.45) is 3.98. The normalized spacial score (nSPS) is 18.6. The largest absolute Gasteiger partial charge is 0.365 e. The Balaban J connectivity index is 3.93. The van der Waals surface area contributed by atoms with Crippen LogP contribution < -0.4 is 0 Å². The Labute approximate surface area is 52.1 Å². The van der Waals surface area contributed by atoms with Crippen molar-refractivity contribution < 1.29 is 4.52 Å². The highest BCUT2D eigenvalue weighted by molar-refractivity contribution is 7.69.